The number of methoxy groups -OCH3 is 1. The van der Waals surface area contributed by atoms with Crippen LogP contribution in [0.5, 0.6) is 11.6 Å². The maximum absolute atomic E-state index is 5.83. The van der Waals surface area contributed by atoms with E-state index in [2.05, 4.69) is 37.6 Å². The van der Waals surface area contributed by atoms with Crippen LogP contribution in [0.25, 0.3) is 21.8 Å². The molecule has 170 valence electrons. The van der Waals surface area contributed by atoms with E-state index in [4.69, 9.17) is 9.47 Å². The van der Waals surface area contributed by atoms with Crippen molar-refractivity contribution in [2.24, 2.45) is 0 Å². The van der Waals surface area contributed by atoms with Gasteiger partial charge in [-0.3, -0.25) is 4.98 Å². The molecule has 7 nitrogen and oxygen atoms in total. The van der Waals surface area contributed by atoms with Crippen molar-refractivity contribution in [1.82, 2.24) is 20.2 Å². The molecule has 3 aromatic heterocycles. The first-order valence-corrected chi connectivity index (χ1v) is 11.7. The van der Waals surface area contributed by atoms with Crippen molar-refractivity contribution in [3.8, 4) is 11.6 Å². The van der Waals surface area contributed by atoms with Crippen LogP contribution in [-0.4, -0.2) is 33.4 Å². The van der Waals surface area contributed by atoms with Crippen molar-refractivity contribution in [2.45, 2.75) is 29.7 Å². The number of benzene rings is 2. The molecular weight excluding hydrogens is 446 g/mol. The van der Waals surface area contributed by atoms with E-state index in [-0.39, 0.29) is 6.10 Å². The lowest BCUT2D eigenvalue weighted by Gasteiger charge is -2.13. The molecule has 0 saturated heterocycles. The molecule has 0 amide bonds. The van der Waals surface area contributed by atoms with Gasteiger partial charge in [0.2, 0.25) is 5.88 Å². The average Bonchev–Trinajstić information content (AvgIpc) is 2.86. The first-order valence-electron chi connectivity index (χ1n) is 10.9. The van der Waals surface area contributed by atoms with Gasteiger partial charge in [-0.15, -0.1) is 10.2 Å². The molecule has 8 heteroatoms. The average molecular weight is 470 g/mol. The topological polar surface area (TPSA) is 82.0 Å². The molecule has 0 radical (unpaired) electrons. The molecule has 0 fully saturated rings. The monoisotopic (exact) mass is 469 g/mol. The molecule has 0 atom stereocenters. The third-order valence-corrected chi connectivity index (χ3v) is 6.15. The van der Waals surface area contributed by atoms with E-state index < -0.39 is 0 Å². The van der Waals surface area contributed by atoms with Gasteiger partial charge in [0.25, 0.3) is 0 Å². The van der Waals surface area contributed by atoms with Gasteiger partial charge in [-0.2, -0.15) is 0 Å². The number of fused-ring (bicyclic) bond motifs is 2. The number of rotatable bonds is 7. The zero-order chi connectivity index (χ0) is 23.5. The lowest BCUT2D eigenvalue weighted by molar-refractivity contribution is 0.233. The summed E-state index contributed by atoms with van der Waals surface area (Å²) in [7, 11) is 1.62. The van der Waals surface area contributed by atoms with Gasteiger partial charge in [0, 0.05) is 38.5 Å². The standard InChI is InChI=1S/C26H23N5O2S/c1-16(2)33-26-21-7-5-4-6-20(21)25(30-31-26)29-17-8-10-19(11-9-17)34-23-12-13-27-22-14-18(32-3)15-28-24(22)23/h4-16H,1-3H3,(H,29,30). The third kappa shape index (κ3) is 4.58. The molecule has 1 N–H and O–H groups in total. The lowest BCUT2D eigenvalue weighted by atomic mass is 10.2. The molecular formula is C26H23N5O2S. The predicted octanol–water partition coefficient (Wildman–Crippen LogP) is 6.26. The van der Waals surface area contributed by atoms with E-state index in [1.165, 1.54) is 0 Å². The molecule has 5 aromatic rings. The molecule has 2 aromatic carbocycles. The number of aromatic nitrogens is 4. The molecule has 0 saturated carbocycles. The number of pyridine rings is 2. The zero-order valence-electron chi connectivity index (χ0n) is 19.0. The second kappa shape index (κ2) is 9.52. The van der Waals surface area contributed by atoms with Crippen molar-refractivity contribution in [3.05, 3.63) is 73.1 Å². The van der Waals surface area contributed by atoms with Gasteiger partial charge >= 0.3 is 0 Å². The van der Waals surface area contributed by atoms with E-state index in [9.17, 15) is 0 Å². The minimum Gasteiger partial charge on any atom is -0.495 e. The van der Waals surface area contributed by atoms with Gasteiger partial charge in [-0.25, -0.2) is 4.98 Å². The van der Waals surface area contributed by atoms with Gasteiger partial charge in [0.1, 0.15) is 11.3 Å². The Hall–Kier alpha value is -3.91. The van der Waals surface area contributed by atoms with Crippen molar-refractivity contribution < 1.29 is 9.47 Å². The maximum atomic E-state index is 5.83. The molecule has 0 spiro atoms. The summed E-state index contributed by atoms with van der Waals surface area (Å²) in [6.45, 7) is 3.95. The highest BCUT2D eigenvalue weighted by Gasteiger charge is 2.12. The maximum Gasteiger partial charge on any atom is 0.241 e. The Labute approximate surface area is 201 Å². The first-order chi connectivity index (χ1) is 16.6. The van der Waals surface area contributed by atoms with Gasteiger partial charge in [-0.05, 0) is 50.2 Å². The Kier molecular flexibility index (Phi) is 6.14. The van der Waals surface area contributed by atoms with Crippen molar-refractivity contribution in [2.75, 3.05) is 12.4 Å². The summed E-state index contributed by atoms with van der Waals surface area (Å²) in [5, 5.41) is 13.9. The Morgan fingerprint density at radius 1 is 0.912 bits per heavy atom. The minimum atomic E-state index is 0.0244. The third-order valence-electron chi connectivity index (χ3n) is 5.10. The van der Waals surface area contributed by atoms with Crippen molar-refractivity contribution in [3.63, 3.8) is 0 Å². The van der Waals surface area contributed by atoms with E-state index in [1.54, 1.807) is 31.3 Å². The first kappa shape index (κ1) is 21.9. The van der Waals surface area contributed by atoms with Crippen LogP contribution in [0.3, 0.4) is 0 Å². The summed E-state index contributed by atoms with van der Waals surface area (Å²) in [5.41, 5.74) is 2.57. The van der Waals surface area contributed by atoms with Crippen LogP contribution < -0.4 is 14.8 Å². The Morgan fingerprint density at radius 3 is 2.47 bits per heavy atom. The summed E-state index contributed by atoms with van der Waals surface area (Å²) >= 11 is 1.64. The predicted molar refractivity (Wildman–Crippen MR) is 135 cm³/mol. The number of nitrogens with zero attached hydrogens (tertiary/aromatic N) is 4. The normalized spacial score (nSPS) is 11.2. The number of hydrogen-bond acceptors (Lipinski definition) is 8. The van der Waals surface area contributed by atoms with Crippen LogP contribution in [-0.2, 0) is 0 Å². The van der Waals surface area contributed by atoms with Gasteiger partial charge in [0.05, 0.1) is 24.9 Å². The molecule has 0 bridgehead atoms. The molecule has 0 aliphatic rings. The number of nitrogens with one attached hydrogen (secondary N) is 1. The Morgan fingerprint density at radius 2 is 1.71 bits per heavy atom. The fourth-order valence-electron chi connectivity index (χ4n) is 3.53. The number of ether oxygens (including phenoxy) is 2. The van der Waals surface area contributed by atoms with Crippen LogP contribution in [0.15, 0.2) is 82.8 Å². The second-order valence-electron chi connectivity index (χ2n) is 7.87. The number of anilines is 2. The van der Waals surface area contributed by atoms with Gasteiger partial charge in [0.15, 0.2) is 5.82 Å². The Bertz CT molecular complexity index is 1460. The molecule has 0 aliphatic heterocycles. The van der Waals surface area contributed by atoms with E-state index in [1.807, 2.05) is 62.4 Å². The molecule has 0 aliphatic carbocycles. The summed E-state index contributed by atoms with van der Waals surface area (Å²) in [6, 6.07) is 20.0. The van der Waals surface area contributed by atoms with E-state index in [0.717, 1.165) is 37.3 Å². The fraction of sp³-hybridized carbons (Fsp3) is 0.154. The van der Waals surface area contributed by atoms with Gasteiger partial charge < -0.3 is 14.8 Å². The summed E-state index contributed by atoms with van der Waals surface area (Å²) in [4.78, 5) is 11.1. The highest BCUT2D eigenvalue weighted by molar-refractivity contribution is 7.99. The zero-order valence-corrected chi connectivity index (χ0v) is 19.8. The van der Waals surface area contributed by atoms with Crippen LogP contribution in [0.1, 0.15) is 13.8 Å². The van der Waals surface area contributed by atoms with Crippen LogP contribution in [0.4, 0.5) is 11.5 Å². The van der Waals surface area contributed by atoms with Crippen LogP contribution in [0.2, 0.25) is 0 Å². The molecule has 34 heavy (non-hydrogen) atoms. The van der Waals surface area contributed by atoms with Crippen LogP contribution in [0, 0.1) is 0 Å². The lowest BCUT2D eigenvalue weighted by Crippen LogP contribution is -2.09. The van der Waals surface area contributed by atoms with Crippen molar-refractivity contribution in [1.29, 1.82) is 0 Å². The highest BCUT2D eigenvalue weighted by atomic mass is 32.2. The fourth-order valence-corrected chi connectivity index (χ4v) is 4.44. The highest BCUT2D eigenvalue weighted by Crippen LogP contribution is 2.34. The van der Waals surface area contributed by atoms with E-state index >= 15 is 0 Å². The van der Waals surface area contributed by atoms with E-state index in [0.29, 0.717) is 17.4 Å². The second-order valence-corrected chi connectivity index (χ2v) is 8.98. The number of hydrogen-bond donors (Lipinski definition) is 1. The minimum absolute atomic E-state index is 0.0244. The quantitative estimate of drug-likeness (QED) is 0.299. The van der Waals surface area contributed by atoms with Gasteiger partial charge in [-0.1, -0.05) is 30.0 Å². The molecule has 5 rings (SSSR count). The SMILES string of the molecule is COc1cnc2c(Sc3ccc(Nc4nnc(OC(C)C)c5ccccc45)cc3)ccnc2c1. The summed E-state index contributed by atoms with van der Waals surface area (Å²) in [6.07, 6.45) is 3.53. The summed E-state index contributed by atoms with van der Waals surface area (Å²) < 4.78 is 11.1. The molecule has 0 unspecified atom stereocenters. The largest absolute Gasteiger partial charge is 0.495 e. The Balaban J connectivity index is 1.38. The summed E-state index contributed by atoms with van der Waals surface area (Å²) in [5.74, 6) is 1.92. The van der Waals surface area contributed by atoms with Crippen LogP contribution >= 0.6 is 11.8 Å². The smallest absolute Gasteiger partial charge is 0.241 e. The molecule has 3 heterocycles. The van der Waals surface area contributed by atoms with Crippen molar-refractivity contribution >= 4 is 45.1 Å².